The summed E-state index contributed by atoms with van der Waals surface area (Å²) >= 11 is 0. The Hall–Kier alpha value is -1.43. The minimum absolute atomic E-state index is 0.0278. The standard InChI is InChI=1S/C11H21N5O/c1-8(2)6-16-10(14-7-15-16)5-13-9(3)11(17)12-4/h7-9,13H,5-6H2,1-4H3,(H,12,17). The van der Waals surface area contributed by atoms with Crippen molar-refractivity contribution >= 4 is 5.91 Å². The van der Waals surface area contributed by atoms with E-state index in [1.807, 2.05) is 11.6 Å². The number of likely N-dealkylation sites (N-methyl/N-ethyl adjacent to an activating group) is 1. The quantitative estimate of drug-likeness (QED) is 0.741. The highest BCUT2D eigenvalue weighted by atomic mass is 16.2. The monoisotopic (exact) mass is 239 g/mol. The van der Waals surface area contributed by atoms with Gasteiger partial charge in [-0.1, -0.05) is 13.8 Å². The molecule has 1 heterocycles. The average Bonchev–Trinajstić information content (AvgIpc) is 2.71. The predicted molar refractivity (Wildman–Crippen MR) is 65.2 cm³/mol. The van der Waals surface area contributed by atoms with Crippen LogP contribution in [0.1, 0.15) is 26.6 Å². The summed E-state index contributed by atoms with van der Waals surface area (Å²) in [6.07, 6.45) is 1.55. The second-order valence-electron chi connectivity index (χ2n) is 4.47. The van der Waals surface area contributed by atoms with Crippen molar-refractivity contribution in [3.05, 3.63) is 12.2 Å². The molecule has 0 saturated carbocycles. The predicted octanol–water partition coefficient (Wildman–Crippen LogP) is 0.158. The summed E-state index contributed by atoms with van der Waals surface area (Å²) in [5, 5.41) is 9.88. The summed E-state index contributed by atoms with van der Waals surface area (Å²) in [7, 11) is 1.63. The van der Waals surface area contributed by atoms with E-state index in [1.54, 1.807) is 13.4 Å². The first-order valence-corrected chi connectivity index (χ1v) is 5.86. The Balaban J connectivity index is 2.51. The molecule has 1 atom stereocenters. The molecule has 17 heavy (non-hydrogen) atoms. The lowest BCUT2D eigenvalue weighted by Gasteiger charge is -2.13. The number of hydrogen-bond acceptors (Lipinski definition) is 4. The van der Waals surface area contributed by atoms with E-state index >= 15 is 0 Å². The highest BCUT2D eigenvalue weighted by molar-refractivity contribution is 5.80. The van der Waals surface area contributed by atoms with Crippen LogP contribution in [0.3, 0.4) is 0 Å². The molecule has 0 spiro atoms. The van der Waals surface area contributed by atoms with Crippen molar-refractivity contribution in [2.75, 3.05) is 7.05 Å². The van der Waals surface area contributed by atoms with Gasteiger partial charge in [0.15, 0.2) is 0 Å². The van der Waals surface area contributed by atoms with Gasteiger partial charge >= 0.3 is 0 Å². The molecule has 0 fully saturated rings. The van der Waals surface area contributed by atoms with E-state index in [0.29, 0.717) is 12.5 Å². The summed E-state index contributed by atoms with van der Waals surface area (Å²) in [6.45, 7) is 7.47. The Morgan fingerprint density at radius 2 is 2.18 bits per heavy atom. The Kier molecular flexibility index (Phi) is 5.09. The maximum Gasteiger partial charge on any atom is 0.236 e. The van der Waals surface area contributed by atoms with Gasteiger partial charge < -0.3 is 5.32 Å². The topological polar surface area (TPSA) is 71.8 Å². The molecule has 96 valence electrons. The minimum atomic E-state index is -0.232. The normalized spacial score (nSPS) is 12.8. The lowest BCUT2D eigenvalue weighted by atomic mass is 10.2. The van der Waals surface area contributed by atoms with Gasteiger partial charge in [-0.3, -0.25) is 10.1 Å². The first-order chi connectivity index (χ1) is 8.04. The van der Waals surface area contributed by atoms with Crippen molar-refractivity contribution in [1.29, 1.82) is 0 Å². The summed E-state index contributed by atoms with van der Waals surface area (Å²) in [6, 6.07) is -0.232. The maximum atomic E-state index is 11.3. The highest BCUT2D eigenvalue weighted by Gasteiger charge is 2.12. The molecule has 0 aromatic carbocycles. The van der Waals surface area contributed by atoms with Crippen LogP contribution in [0.15, 0.2) is 6.33 Å². The highest BCUT2D eigenvalue weighted by Crippen LogP contribution is 2.01. The molecule has 0 aliphatic rings. The van der Waals surface area contributed by atoms with Crippen molar-refractivity contribution in [3.8, 4) is 0 Å². The summed E-state index contributed by atoms with van der Waals surface area (Å²) < 4.78 is 1.87. The van der Waals surface area contributed by atoms with Gasteiger partial charge in [-0.15, -0.1) is 0 Å². The summed E-state index contributed by atoms with van der Waals surface area (Å²) in [5.74, 6) is 1.35. The van der Waals surface area contributed by atoms with Crippen molar-refractivity contribution in [2.45, 2.75) is 39.9 Å². The SMILES string of the molecule is CNC(=O)C(C)NCc1ncnn1CC(C)C. The van der Waals surface area contributed by atoms with Crippen LogP contribution in [0.2, 0.25) is 0 Å². The number of nitrogens with one attached hydrogen (secondary N) is 2. The van der Waals surface area contributed by atoms with Gasteiger partial charge in [0.2, 0.25) is 5.91 Å². The van der Waals surface area contributed by atoms with Crippen LogP contribution < -0.4 is 10.6 Å². The zero-order valence-corrected chi connectivity index (χ0v) is 10.9. The summed E-state index contributed by atoms with van der Waals surface area (Å²) in [5.41, 5.74) is 0. The molecule has 2 N–H and O–H groups in total. The molecular weight excluding hydrogens is 218 g/mol. The van der Waals surface area contributed by atoms with Gasteiger partial charge in [-0.25, -0.2) is 9.67 Å². The molecule has 0 aliphatic carbocycles. The Morgan fingerprint density at radius 3 is 2.76 bits per heavy atom. The third-order valence-electron chi connectivity index (χ3n) is 2.44. The van der Waals surface area contributed by atoms with Crippen LogP contribution in [-0.4, -0.2) is 33.8 Å². The van der Waals surface area contributed by atoms with Crippen LogP contribution in [0.5, 0.6) is 0 Å². The molecule has 1 rings (SSSR count). The van der Waals surface area contributed by atoms with E-state index in [2.05, 4.69) is 34.6 Å². The minimum Gasteiger partial charge on any atom is -0.358 e. The van der Waals surface area contributed by atoms with Crippen LogP contribution in [-0.2, 0) is 17.9 Å². The number of nitrogens with zero attached hydrogens (tertiary/aromatic N) is 3. The molecule has 0 bridgehead atoms. The fraction of sp³-hybridized carbons (Fsp3) is 0.727. The van der Waals surface area contributed by atoms with Crippen molar-refractivity contribution in [1.82, 2.24) is 25.4 Å². The van der Waals surface area contributed by atoms with Crippen LogP contribution in [0.25, 0.3) is 0 Å². The molecule has 1 unspecified atom stereocenters. The van der Waals surface area contributed by atoms with Gasteiger partial charge in [0.1, 0.15) is 12.2 Å². The molecular formula is C11H21N5O. The summed E-state index contributed by atoms with van der Waals surface area (Å²) in [4.78, 5) is 15.5. The molecule has 1 aromatic heterocycles. The molecule has 0 saturated heterocycles. The van der Waals surface area contributed by atoms with E-state index in [0.717, 1.165) is 12.4 Å². The van der Waals surface area contributed by atoms with Gasteiger partial charge in [0.25, 0.3) is 0 Å². The smallest absolute Gasteiger partial charge is 0.236 e. The average molecular weight is 239 g/mol. The zero-order chi connectivity index (χ0) is 12.8. The number of amides is 1. The van der Waals surface area contributed by atoms with E-state index in [1.165, 1.54) is 0 Å². The first-order valence-electron chi connectivity index (χ1n) is 5.86. The second kappa shape index (κ2) is 6.34. The van der Waals surface area contributed by atoms with Gasteiger partial charge in [0.05, 0.1) is 12.6 Å². The van der Waals surface area contributed by atoms with Crippen LogP contribution in [0, 0.1) is 5.92 Å². The third kappa shape index (κ3) is 4.14. The number of carbonyl (C=O) groups excluding carboxylic acids is 1. The van der Waals surface area contributed by atoms with Crippen LogP contribution >= 0.6 is 0 Å². The molecule has 6 nitrogen and oxygen atoms in total. The number of hydrogen-bond donors (Lipinski definition) is 2. The van der Waals surface area contributed by atoms with E-state index in [-0.39, 0.29) is 11.9 Å². The van der Waals surface area contributed by atoms with E-state index < -0.39 is 0 Å². The lowest BCUT2D eigenvalue weighted by molar-refractivity contribution is -0.122. The van der Waals surface area contributed by atoms with E-state index in [4.69, 9.17) is 0 Å². The Morgan fingerprint density at radius 1 is 1.47 bits per heavy atom. The number of aromatic nitrogens is 3. The van der Waals surface area contributed by atoms with Gasteiger partial charge in [0, 0.05) is 13.6 Å². The van der Waals surface area contributed by atoms with Crippen molar-refractivity contribution in [3.63, 3.8) is 0 Å². The first kappa shape index (κ1) is 13.6. The molecule has 1 amide bonds. The number of rotatable bonds is 6. The zero-order valence-electron chi connectivity index (χ0n) is 10.9. The van der Waals surface area contributed by atoms with Gasteiger partial charge in [-0.05, 0) is 12.8 Å². The fourth-order valence-corrected chi connectivity index (χ4v) is 1.48. The molecule has 6 heteroatoms. The maximum absolute atomic E-state index is 11.3. The largest absolute Gasteiger partial charge is 0.358 e. The van der Waals surface area contributed by atoms with Crippen molar-refractivity contribution in [2.24, 2.45) is 5.92 Å². The van der Waals surface area contributed by atoms with Crippen LogP contribution in [0.4, 0.5) is 0 Å². The molecule has 0 aliphatic heterocycles. The Bertz CT molecular complexity index is 360. The number of carbonyl (C=O) groups is 1. The molecule has 0 radical (unpaired) electrons. The third-order valence-corrected chi connectivity index (χ3v) is 2.44. The Labute approximate surface area is 102 Å². The lowest BCUT2D eigenvalue weighted by Crippen LogP contribution is -2.40. The van der Waals surface area contributed by atoms with Gasteiger partial charge in [-0.2, -0.15) is 5.10 Å². The van der Waals surface area contributed by atoms with Crippen molar-refractivity contribution < 1.29 is 4.79 Å². The fourth-order valence-electron chi connectivity index (χ4n) is 1.48. The second-order valence-corrected chi connectivity index (χ2v) is 4.47. The molecule has 1 aromatic rings. The van der Waals surface area contributed by atoms with E-state index in [9.17, 15) is 4.79 Å².